The lowest BCUT2D eigenvalue weighted by Crippen LogP contribution is -2.43. The van der Waals surface area contributed by atoms with Crippen molar-refractivity contribution in [3.8, 4) is 0 Å². The van der Waals surface area contributed by atoms with E-state index in [0.717, 1.165) is 12.0 Å². The predicted molar refractivity (Wildman–Crippen MR) is 90.1 cm³/mol. The van der Waals surface area contributed by atoms with Crippen LogP contribution in [-0.4, -0.2) is 58.0 Å². The number of amides is 3. The van der Waals surface area contributed by atoms with E-state index in [1.807, 2.05) is 24.3 Å². The number of urea groups is 1. The molecule has 0 unspecified atom stereocenters. The van der Waals surface area contributed by atoms with Crippen molar-refractivity contribution < 1.29 is 14.3 Å². The summed E-state index contributed by atoms with van der Waals surface area (Å²) in [7, 11) is 0. The van der Waals surface area contributed by atoms with Gasteiger partial charge in [0.05, 0.1) is 13.2 Å². The van der Waals surface area contributed by atoms with E-state index in [4.69, 9.17) is 4.74 Å². The number of ether oxygens (including phenoxy) is 1. The van der Waals surface area contributed by atoms with E-state index in [-0.39, 0.29) is 12.1 Å². The Morgan fingerprint density at radius 2 is 2.28 bits per heavy atom. The molecule has 1 aliphatic rings. The Morgan fingerprint density at radius 1 is 1.36 bits per heavy atom. The zero-order valence-corrected chi connectivity index (χ0v) is 13.7. The van der Waals surface area contributed by atoms with Crippen LogP contribution in [-0.2, 0) is 11.3 Å². The largest absolute Gasteiger partial charge is 0.449 e. The average Bonchev–Trinajstić information content (AvgIpc) is 3.10. The first-order valence-electron chi connectivity index (χ1n) is 8.08. The fraction of sp³-hybridized carbons (Fsp3) is 0.375. The maximum Gasteiger partial charge on any atom is 0.409 e. The number of hydrogen-bond acceptors (Lipinski definition) is 5. The summed E-state index contributed by atoms with van der Waals surface area (Å²) in [6, 6.07) is 7.19. The first kappa shape index (κ1) is 16.7. The van der Waals surface area contributed by atoms with Crippen LogP contribution in [0.2, 0.25) is 0 Å². The molecule has 3 rings (SSSR count). The Hall–Kier alpha value is -3.10. The molecule has 1 aliphatic heterocycles. The number of hydrogen-bond donors (Lipinski definition) is 2. The topological polar surface area (TPSA) is 101 Å². The molecule has 1 aromatic carbocycles. The Labute approximate surface area is 145 Å². The maximum absolute atomic E-state index is 12.0. The van der Waals surface area contributed by atoms with Crippen molar-refractivity contribution in [1.29, 1.82) is 0 Å². The second-order valence-corrected chi connectivity index (χ2v) is 5.63. The zero-order valence-electron chi connectivity index (χ0n) is 13.7. The number of carbonyl (C=O) groups excluding carboxylic acids is 2. The Morgan fingerprint density at radius 3 is 3.08 bits per heavy atom. The number of cyclic esters (lactones) is 1. The molecule has 2 aromatic rings. The second-order valence-electron chi connectivity index (χ2n) is 5.63. The normalized spacial score (nSPS) is 14.1. The highest BCUT2D eigenvalue weighted by atomic mass is 16.6. The third-order valence-corrected chi connectivity index (χ3v) is 3.72. The van der Waals surface area contributed by atoms with Gasteiger partial charge in [-0.2, -0.15) is 5.10 Å². The molecule has 25 heavy (non-hydrogen) atoms. The van der Waals surface area contributed by atoms with Crippen LogP contribution in [0, 0.1) is 0 Å². The fourth-order valence-corrected chi connectivity index (χ4v) is 2.53. The van der Waals surface area contributed by atoms with Gasteiger partial charge < -0.3 is 20.3 Å². The predicted octanol–water partition coefficient (Wildman–Crippen LogP) is 1.29. The molecule has 9 heteroatoms. The van der Waals surface area contributed by atoms with E-state index in [9.17, 15) is 9.59 Å². The number of nitrogens with one attached hydrogen (secondary N) is 2. The lowest BCUT2D eigenvalue weighted by atomic mass is 10.2. The van der Waals surface area contributed by atoms with Crippen LogP contribution >= 0.6 is 0 Å². The Balaban J connectivity index is 1.45. The molecule has 0 radical (unpaired) electrons. The fourth-order valence-electron chi connectivity index (χ4n) is 2.53. The average molecular weight is 344 g/mol. The van der Waals surface area contributed by atoms with Crippen LogP contribution in [0.5, 0.6) is 0 Å². The number of rotatable bonds is 6. The number of benzene rings is 1. The molecule has 1 fully saturated rings. The summed E-state index contributed by atoms with van der Waals surface area (Å²) in [6.45, 7) is 2.49. The van der Waals surface area contributed by atoms with E-state index in [0.29, 0.717) is 38.5 Å². The van der Waals surface area contributed by atoms with Crippen molar-refractivity contribution in [3.63, 3.8) is 0 Å². The molecule has 132 valence electrons. The van der Waals surface area contributed by atoms with Crippen molar-refractivity contribution in [3.05, 3.63) is 42.5 Å². The van der Waals surface area contributed by atoms with Crippen molar-refractivity contribution in [2.24, 2.45) is 0 Å². The number of anilines is 1. The first-order valence-corrected chi connectivity index (χ1v) is 8.08. The summed E-state index contributed by atoms with van der Waals surface area (Å²) in [5.74, 6) is 0. The minimum absolute atomic E-state index is 0.316. The minimum Gasteiger partial charge on any atom is -0.449 e. The molecular weight excluding hydrogens is 324 g/mol. The van der Waals surface area contributed by atoms with Gasteiger partial charge in [0.15, 0.2) is 0 Å². The molecule has 0 bridgehead atoms. The summed E-state index contributed by atoms with van der Waals surface area (Å²) in [4.78, 5) is 29.0. The first-order chi connectivity index (χ1) is 12.2. The maximum atomic E-state index is 12.0. The molecule has 0 spiro atoms. The van der Waals surface area contributed by atoms with Gasteiger partial charge in [-0.1, -0.05) is 12.1 Å². The summed E-state index contributed by atoms with van der Waals surface area (Å²) in [5, 5.41) is 9.57. The second kappa shape index (κ2) is 8.13. The van der Waals surface area contributed by atoms with Gasteiger partial charge in [-0.15, -0.1) is 0 Å². The summed E-state index contributed by atoms with van der Waals surface area (Å²) in [6.07, 6.45) is 3.61. The third-order valence-electron chi connectivity index (χ3n) is 3.72. The van der Waals surface area contributed by atoms with Crippen LogP contribution in [0.15, 0.2) is 36.9 Å². The smallest absolute Gasteiger partial charge is 0.409 e. The van der Waals surface area contributed by atoms with Gasteiger partial charge in [-0.3, -0.25) is 0 Å². The van der Waals surface area contributed by atoms with E-state index in [2.05, 4.69) is 20.7 Å². The highest BCUT2D eigenvalue weighted by Gasteiger charge is 2.18. The SMILES string of the molecule is O=C(NCCN1CCCOC1=O)Nc1cccc(Cn2cncn2)c1. The number of carbonyl (C=O) groups is 2. The van der Waals surface area contributed by atoms with Crippen LogP contribution in [0.25, 0.3) is 0 Å². The van der Waals surface area contributed by atoms with Gasteiger partial charge >= 0.3 is 12.1 Å². The molecule has 2 N–H and O–H groups in total. The van der Waals surface area contributed by atoms with Crippen molar-refractivity contribution in [2.45, 2.75) is 13.0 Å². The van der Waals surface area contributed by atoms with Crippen LogP contribution in [0.1, 0.15) is 12.0 Å². The van der Waals surface area contributed by atoms with Crippen molar-refractivity contribution >= 4 is 17.8 Å². The van der Waals surface area contributed by atoms with Crippen LogP contribution in [0.4, 0.5) is 15.3 Å². The van der Waals surface area contributed by atoms with Gasteiger partial charge in [0.1, 0.15) is 12.7 Å². The lowest BCUT2D eigenvalue weighted by Gasteiger charge is -2.26. The van der Waals surface area contributed by atoms with E-state index in [1.54, 1.807) is 15.9 Å². The Bertz CT molecular complexity index is 718. The zero-order chi connectivity index (χ0) is 17.5. The molecule has 1 saturated heterocycles. The summed E-state index contributed by atoms with van der Waals surface area (Å²) < 4.78 is 6.65. The van der Waals surface area contributed by atoms with Gasteiger partial charge in [-0.25, -0.2) is 19.3 Å². The van der Waals surface area contributed by atoms with Crippen molar-refractivity contribution in [1.82, 2.24) is 25.0 Å². The molecule has 0 aliphatic carbocycles. The molecule has 1 aromatic heterocycles. The van der Waals surface area contributed by atoms with Gasteiger partial charge in [0.2, 0.25) is 0 Å². The van der Waals surface area contributed by atoms with Crippen molar-refractivity contribution in [2.75, 3.05) is 31.6 Å². The Kier molecular flexibility index (Phi) is 5.45. The molecule has 0 saturated carbocycles. The quantitative estimate of drug-likeness (QED) is 0.822. The molecule has 9 nitrogen and oxygen atoms in total. The monoisotopic (exact) mass is 344 g/mol. The highest BCUT2D eigenvalue weighted by Crippen LogP contribution is 2.11. The summed E-state index contributed by atoms with van der Waals surface area (Å²) in [5.41, 5.74) is 1.69. The van der Waals surface area contributed by atoms with E-state index < -0.39 is 0 Å². The third kappa shape index (κ3) is 4.93. The minimum atomic E-state index is -0.325. The molecule has 0 atom stereocenters. The van der Waals surface area contributed by atoms with Crippen LogP contribution < -0.4 is 10.6 Å². The van der Waals surface area contributed by atoms with Gasteiger partial charge in [0, 0.05) is 25.3 Å². The highest BCUT2D eigenvalue weighted by molar-refractivity contribution is 5.89. The standard InChI is InChI=1S/C16H20N6O3/c23-15(18-5-7-21-6-2-8-25-16(21)24)20-14-4-1-3-13(9-14)10-22-12-17-11-19-22/h1,3-4,9,11-12H,2,5-8,10H2,(H2,18,20,23). The van der Waals surface area contributed by atoms with Gasteiger partial charge in [0.25, 0.3) is 0 Å². The number of nitrogens with zero attached hydrogens (tertiary/aromatic N) is 4. The lowest BCUT2D eigenvalue weighted by molar-refractivity contribution is 0.0736. The van der Waals surface area contributed by atoms with E-state index in [1.165, 1.54) is 6.33 Å². The molecule has 3 amide bonds. The molecular formula is C16H20N6O3. The van der Waals surface area contributed by atoms with Crippen LogP contribution in [0.3, 0.4) is 0 Å². The number of aromatic nitrogens is 3. The van der Waals surface area contributed by atoms with E-state index >= 15 is 0 Å². The molecule has 2 heterocycles. The van der Waals surface area contributed by atoms with Gasteiger partial charge in [-0.05, 0) is 24.1 Å². The summed E-state index contributed by atoms with van der Waals surface area (Å²) >= 11 is 0.